The molecule has 100 valence electrons. The lowest BCUT2D eigenvalue weighted by Gasteiger charge is -2.06. The van der Waals surface area contributed by atoms with Crippen molar-refractivity contribution in [1.82, 2.24) is 10.6 Å². The maximum Gasteiger partial charge on any atom is 0.233 e. The Morgan fingerprint density at radius 2 is 1.94 bits per heavy atom. The average Bonchev–Trinajstić information content (AvgIpc) is 2.37. The van der Waals surface area contributed by atoms with E-state index in [1.165, 1.54) is 5.56 Å². The van der Waals surface area contributed by atoms with Gasteiger partial charge in [-0.05, 0) is 37.1 Å². The van der Waals surface area contributed by atoms with Gasteiger partial charge < -0.3 is 10.6 Å². The lowest BCUT2D eigenvalue weighted by atomic mass is 10.1. The van der Waals surface area contributed by atoms with Crippen molar-refractivity contribution in [2.75, 3.05) is 19.6 Å². The number of carbonyl (C=O) groups is 1. The molecule has 1 aromatic rings. The van der Waals surface area contributed by atoms with Crippen LogP contribution in [0.3, 0.4) is 0 Å². The Kier molecular flexibility index (Phi) is 7.46. The van der Waals surface area contributed by atoms with Crippen LogP contribution in [0.15, 0.2) is 24.3 Å². The standard InChI is InChI=1S/C14H21ClN2O/c1-2-3-9-17-14(18)11-16-10-8-12-4-6-13(15)7-5-12/h4-7,16H,2-3,8-11H2,1H3,(H,17,18). The molecular formula is C14H21ClN2O. The largest absolute Gasteiger partial charge is 0.355 e. The van der Waals surface area contributed by atoms with E-state index < -0.39 is 0 Å². The molecule has 0 atom stereocenters. The Morgan fingerprint density at radius 3 is 2.61 bits per heavy atom. The molecule has 18 heavy (non-hydrogen) atoms. The summed E-state index contributed by atoms with van der Waals surface area (Å²) in [7, 11) is 0. The van der Waals surface area contributed by atoms with Crippen LogP contribution in [-0.4, -0.2) is 25.5 Å². The Bertz CT molecular complexity index is 351. The van der Waals surface area contributed by atoms with Gasteiger partial charge in [0.05, 0.1) is 6.54 Å². The molecule has 1 aromatic carbocycles. The number of amides is 1. The van der Waals surface area contributed by atoms with Crippen LogP contribution in [0.4, 0.5) is 0 Å². The normalized spacial score (nSPS) is 10.3. The van der Waals surface area contributed by atoms with Crippen molar-refractivity contribution in [2.45, 2.75) is 26.2 Å². The van der Waals surface area contributed by atoms with E-state index in [0.717, 1.165) is 37.4 Å². The summed E-state index contributed by atoms with van der Waals surface area (Å²) in [5.41, 5.74) is 1.22. The third-order valence-corrected chi connectivity index (χ3v) is 2.89. The second kappa shape index (κ2) is 8.95. The zero-order valence-electron chi connectivity index (χ0n) is 10.8. The maximum atomic E-state index is 11.4. The minimum Gasteiger partial charge on any atom is -0.355 e. The monoisotopic (exact) mass is 268 g/mol. The Balaban J connectivity index is 2.07. The van der Waals surface area contributed by atoms with Crippen LogP contribution in [0.1, 0.15) is 25.3 Å². The van der Waals surface area contributed by atoms with E-state index in [1.807, 2.05) is 24.3 Å². The first kappa shape index (κ1) is 15.0. The minimum atomic E-state index is 0.0690. The lowest BCUT2D eigenvalue weighted by Crippen LogP contribution is -2.35. The molecule has 1 rings (SSSR count). The zero-order chi connectivity index (χ0) is 13.2. The van der Waals surface area contributed by atoms with Gasteiger partial charge in [0.25, 0.3) is 0 Å². The third kappa shape index (κ3) is 6.62. The topological polar surface area (TPSA) is 41.1 Å². The second-order valence-corrected chi connectivity index (χ2v) is 4.69. The number of benzene rings is 1. The molecule has 0 aromatic heterocycles. The van der Waals surface area contributed by atoms with Crippen LogP contribution < -0.4 is 10.6 Å². The van der Waals surface area contributed by atoms with Crippen LogP contribution in [0.2, 0.25) is 5.02 Å². The van der Waals surface area contributed by atoms with E-state index in [-0.39, 0.29) is 5.91 Å². The van der Waals surface area contributed by atoms with Gasteiger partial charge in [0, 0.05) is 11.6 Å². The molecule has 2 N–H and O–H groups in total. The molecular weight excluding hydrogens is 248 g/mol. The van der Waals surface area contributed by atoms with Crippen molar-refractivity contribution < 1.29 is 4.79 Å². The Labute approximate surface area is 114 Å². The van der Waals surface area contributed by atoms with E-state index in [9.17, 15) is 4.79 Å². The quantitative estimate of drug-likeness (QED) is 0.711. The molecule has 0 radical (unpaired) electrons. The molecule has 3 nitrogen and oxygen atoms in total. The Hall–Kier alpha value is -1.06. The fraction of sp³-hybridized carbons (Fsp3) is 0.500. The summed E-state index contributed by atoms with van der Waals surface area (Å²) in [4.78, 5) is 11.4. The van der Waals surface area contributed by atoms with E-state index in [4.69, 9.17) is 11.6 Å². The van der Waals surface area contributed by atoms with Crippen LogP contribution in [0.5, 0.6) is 0 Å². The highest BCUT2D eigenvalue weighted by molar-refractivity contribution is 6.30. The number of halogens is 1. The first-order chi connectivity index (χ1) is 8.72. The van der Waals surface area contributed by atoms with E-state index in [1.54, 1.807) is 0 Å². The highest BCUT2D eigenvalue weighted by Gasteiger charge is 1.99. The van der Waals surface area contributed by atoms with E-state index in [0.29, 0.717) is 6.54 Å². The van der Waals surface area contributed by atoms with Crippen molar-refractivity contribution in [3.63, 3.8) is 0 Å². The van der Waals surface area contributed by atoms with Gasteiger partial charge in [0.2, 0.25) is 5.91 Å². The molecule has 0 aliphatic rings. The molecule has 0 unspecified atom stereocenters. The summed E-state index contributed by atoms with van der Waals surface area (Å²) in [6.07, 6.45) is 3.04. The van der Waals surface area contributed by atoms with Crippen molar-refractivity contribution in [3.8, 4) is 0 Å². The molecule has 0 aliphatic heterocycles. The highest BCUT2D eigenvalue weighted by atomic mass is 35.5. The van der Waals surface area contributed by atoms with Crippen LogP contribution in [0, 0.1) is 0 Å². The van der Waals surface area contributed by atoms with E-state index >= 15 is 0 Å². The number of nitrogens with one attached hydrogen (secondary N) is 2. The smallest absolute Gasteiger partial charge is 0.233 e. The first-order valence-corrected chi connectivity index (χ1v) is 6.82. The number of carbonyl (C=O) groups excluding carboxylic acids is 1. The molecule has 1 amide bonds. The average molecular weight is 269 g/mol. The van der Waals surface area contributed by atoms with Gasteiger partial charge in [-0.2, -0.15) is 0 Å². The molecule has 0 spiro atoms. The molecule has 0 heterocycles. The van der Waals surface area contributed by atoms with Gasteiger partial charge in [-0.25, -0.2) is 0 Å². The van der Waals surface area contributed by atoms with Crippen LogP contribution in [0.25, 0.3) is 0 Å². The zero-order valence-corrected chi connectivity index (χ0v) is 11.6. The van der Waals surface area contributed by atoms with Crippen molar-refractivity contribution >= 4 is 17.5 Å². The third-order valence-electron chi connectivity index (χ3n) is 2.64. The summed E-state index contributed by atoms with van der Waals surface area (Å²) in [5, 5.41) is 6.75. The summed E-state index contributed by atoms with van der Waals surface area (Å²) in [6.45, 7) is 4.06. The fourth-order valence-corrected chi connectivity index (χ4v) is 1.68. The Morgan fingerprint density at radius 1 is 1.22 bits per heavy atom. The number of hydrogen-bond acceptors (Lipinski definition) is 2. The predicted molar refractivity (Wildman–Crippen MR) is 75.9 cm³/mol. The fourth-order valence-electron chi connectivity index (χ4n) is 1.55. The van der Waals surface area contributed by atoms with Crippen molar-refractivity contribution in [1.29, 1.82) is 0 Å². The molecule has 4 heteroatoms. The summed E-state index contributed by atoms with van der Waals surface area (Å²) >= 11 is 5.81. The molecule has 0 bridgehead atoms. The minimum absolute atomic E-state index is 0.0690. The van der Waals surface area contributed by atoms with Gasteiger partial charge >= 0.3 is 0 Å². The van der Waals surface area contributed by atoms with Crippen molar-refractivity contribution in [2.24, 2.45) is 0 Å². The van der Waals surface area contributed by atoms with Crippen LogP contribution >= 0.6 is 11.6 Å². The number of unbranched alkanes of at least 4 members (excludes halogenated alkanes) is 1. The summed E-state index contributed by atoms with van der Waals surface area (Å²) in [6, 6.07) is 7.78. The van der Waals surface area contributed by atoms with E-state index in [2.05, 4.69) is 17.6 Å². The van der Waals surface area contributed by atoms with Crippen LogP contribution in [-0.2, 0) is 11.2 Å². The predicted octanol–water partition coefficient (Wildman–Crippen LogP) is 2.39. The first-order valence-electron chi connectivity index (χ1n) is 6.44. The second-order valence-electron chi connectivity index (χ2n) is 4.26. The van der Waals surface area contributed by atoms with Gasteiger partial charge in [0.15, 0.2) is 0 Å². The SMILES string of the molecule is CCCCNC(=O)CNCCc1ccc(Cl)cc1. The van der Waals surface area contributed by atoms with Gasteiger partial charge in [0.1, 0.15) is 0 Å². The molecule has 0 aliphatic carbocycles. The molecule has 0 saturated carbocycles. The van der Waals surface area contributed by atoms with Crippen molar-refractivity contribution in [3.05, 3.63) is 34.9 Å². The molecule has 0 saturated heterocycles. The number of rotatable bonds is 8. The van der Waals surface area contributed by atoms with Gasteiger partial charge in [-0.15, -0.1) is 0 Å². The van der Waals surface area contributed by atoms with Gasteiger partial charge in [-0.3, -0.25) is 4.79 Å². The molecule has 0 fully saturated rings. The summed E-state index contributed by atoms with van der Waals surface area (Å²) < 4.78 is 0. The lowest BCUT2D eigenvalue weighted by molar-refractivity contribution is -0.120. The number of hydrogen-bond donors (Lipinski definition) is 2. The highest BCUT2D eigenvalue weighted by Crippen LogP contribution is 2.09. The van der Waals surface area contributed by atoms with Gasteiger partial charge in [-0.1, -0.05) is 37.1 Å². The maximum absolute atomic E-state index is 11.4. The summed E-state index contributed by atoms with van der Waals surface area (Å²) in [5.74, 6) is 0.0690.